The third kappa shape index (κ3) is 6.02. The molecule has 0 aromatic rings. The Morgan fingerprint density at radius 2 is 1.60 bits per heavy atom. The van der Waals surface area contributed by atoms with Crippen molar-refractivity contribution in [2.75, 3.05) is 6.54 Å². The van der Waals surface area contributed by atoms with Crippen molar-refractivity contribution in [2.45, 2.75) is 78.4 Å². The van der Waals surface area contributed by atoms with Crippen molar-refractivity contribution in [3.8, 4) is 0 Å². The van der Waals surface area contributed by atoms with Crippen LogP contribution in [-0.4, -0.2) is 18.8 Å². The normalized spacial score (nSPS) is 26.6. The monoisotopic (exact) mass is 293 g/mol. The summed E-state index contributed by atoms with van der Waals surface area (Å²) in [5.41, 5.74) is 0.324. The van der Waals surface area contributed by atoms with E-state index in [2.05, 4.69) is 26.1 Å². The first-order valence-corrected chi connectivity index (χ1v) is 7.93. The molecule has 0 bridgehead atoms. The third-order valence-corrected chi connectivity index (χ3v) is 4.77. The van der Waals surface area contributed by atoms with Crippen molar-refractivity contribution in [3.05, 3.63) is 0 Å². The van der Waals surface area contributed by atoms with Gasteiger partial charge in [-0.05, 0) is 55.9 Å². The van der Waals surface area contributed by atoms with E-state index in [0.717, 1.165) is 32.2 Å². The summed E-state index contributed by atoms with van der Waals surface area (Å²) in [4.78, 5) is 0. The Morgan fingerprint density at radius 3 is 2.00 bits per heavy atom. The first-order valence-electron chi connectivity index (χ1n) is 7.93. The van der Waals surface area contributed by atoms with Crippen LogP contribution in [0.25, 0.3) is 0 Å². The van der Waals surface area contributed by atoms with Gasteiger partial charge in [0, 0.05) is 12.5 Å². The van der Waals surface area contributed by atoms with Crippen molar-refractivity contribution >= 4 is 0 Å². The molecule has 1 aliphatic rings. The van der Waals surface area contributed by atoms with E-state index in [4.69, 9.17) is 0 Å². The molecule has 1 rings (SSSR count). The highest BCUT2D eigenvalue weighted by molar-refractivity contribution is 4.86. The molecule has 1 unspecified atom stereocenters. The molecule has 1 fully saturated rings. The summed E-state index contributed by atoms with van der Waals surface area (Å²) in [7, 11) is 0. The van der Waals surface area contributed by atoms with Crippen molar-refractivity contribution in [3.63, 3.8) is 0 Å². The molecule has 0 saturated heterocycles. The van der Waals surface area contributed by atoms with Crippen molar-refractivity contribution < 1.29 is 13.2 Å². The Labute approximate surface area is 121 Å². The van der Waals surface area contributed by atoms with E-state index < -0.39 is 12.6 Å². The molecule has 1 atom stereocenters. The summed E-state index contributed by atoms with van der Waals surface area (Å²) >= 11 is 0. The van der Waals surface area contributed by atoms with E-state index in [1.807, 2.05) is 6.92 Å². The molecule has 0 spiro atoms. The fraction of sp³-hybridized carbons (Fsp3) is 1.00. The summed E-state index contributed by atoms with van der Waals surface area (Å²) in [6, 6.07) is 0.0301. The topological polar surface area (TPSA) is 12.0 Å². The van der Waals surface area contributed by atoms with Crippen LogP contribution in [0.5, 0.6) is 0 Å². The number of rotatable bonds is 5. The van der Waals surface area contributed by atoms with E-state index in [1.165, 1.54) is 0 Å². The first-order chi connectivity index (χ1) is 9.13. The van der Waals surface area contributed by atoms with Crippen LogP contribution in [0.3, 0.4) is 0 Å². The van der Waals surface area contributed by atoms with E-state index in [-0.39, 0.29) is 12.5 Å². The summed E-state index contributed by atoms with van der Waals surface area (Å²) in [6.07, 6.45) is -0.0264. The van der Waals surface area contributed by atoms with E-state index in [9.17, 15) is 13.2 Å². The SMILES string of the molecule is CCNC(CCC(F)(F)F)C1CCC(C(C)(C)C)CC1. The smallest absolute Gasteiger partial charge is 0.314 e. The van der Waals surface area contributed by atoms with Gasteiger partial charge in [-0.15, -0.1) is 0 Å². The molecule has 0 aromatic carbocycles. The maximum absolute atomic E-state index is 12.4. The summed E-state index contributed by atoms with van der Waals surface area (Å²) in [5, 5.41) is 3.28. The summed E-state index contributed by atoms with van der Waals surface area (Å²) < 4.78 is 37.2. The van der Waals surface area contributed by atoms with Gasteiger partial charge in [0.25, 0.3) is 0 Å². The third-order valence-electron chi connectivity index (χ3n) is 4.77. The fourth-order valence-corrected chi connectivity index (χ4v) is 3.47. The van der Waals surface area contributed by atoms with Gasteiger partial charge in [-0.1, -0.05) is 27.7 Å². The second kappa shape index (κ2) is 7.15. The predicted molar refractivity (Wildman–Crippen MR) is 77.7 cm³/mol. The Morgan fingerprint density at radius 1 is 1.05 bits per heavy atom. The quantitative estimate of drug-likeness (QED) is 0.738. The lowest BCUT2D eigenvalue weighted by Crippen LogP contribution is -2.40. The number of alkyl halides is 3. The second-order valence-electron chi connectivity index (χ2n) is 7.30. The van der Waals surface area contributed by atoms with Gasteiger partial charge in [-0.2, -0.15) is 13.2 Å². The number of hydrogen-bond acceptors (Lipinski definition) is 1. The van der Waals surface area contributed by atoms with Crippen molar-refractivity contribution in [1.29, 1.82) is 0 Å². The zero-order valence-electron chi connectivity index (χ0n) is 13.3. The van der Waals surface area contributed by atoms with Crippen LogP contribution in [-0.2, 0) is 0 Å². The summed E-state index contributed by atoms with van der Waals surface area (Å²) in [5.74, 6) is 1.12. The Bertz CT molecular complexity index is 272. The Kier molecular flexibility index (Phi) is 6.36. The molecule has 0 aromatic heterocycles. The standard InChI is InChI=1S/C16H30F3N/c1-5-20-14(10-11-16(17,18)19)12-6-8-13(9-7-12)15(2,3)4/h12-14,20H,5-11H2,1-4H3. The lowest BCUT2D eigenvalue weighted by Gasteiger charge is -2.39. The lowest BCUT2D eigenvalue weighted by molar-refractivity contribution is -0.137. The highest BCUT2D eigenvalue weighted by Gasteiger charge is 2.34. The predicted octanol–water partition coefficient (Wildman–Crippen LogP) is 5.16. The fourth-order valence-electron chi connectivity index (χ4n) is 3.47. The summed E-state index contributed by atoms with van der Waals surface area (Å²) in [6.45, 7) is 9.53. The molecule has 1 aliphatic carbocycles. The average Bonchev–Trinajstić information content (AvgIpc) is 2.32. The largest absolute Gasteiger partial charge is 0.389 e. The molecular formula is C16H30F3N. The molecule has 120 valence electrons. The minimum atomic E-state index is -4.03. The molecule has 0 heterocycles. The van der Waals surface area contributed by atoms with Crippen LogP contribution in [0.2, 0.25) is 0 Å². The van der Waals surface area contributed by atoms with Gasteiger partial charge in [-0.3, -0.25) is 0 Å². The molecule has 20 heavy (non-hydrogen) atoms. The van der Waals surface area contributed by atoms with Crippen LogP contribution in [0.15, 0.2) is 0 Å². The average molecular weight is 293 g/mol. The number of nitrogens with one attached hydrogen (secondary N) is 1. The van der Waals surface area contributed by atoms with Gasteiger partial charge in [0.05, 0.1) is 0 Å². The van der Waals surface area contributed by atoms with Crippen LogP contribution in [0, 0.1) is 17.3 Å². The number of hydrogen-bond donors (Lipinski definition) is 1. The second-order valence-corrected chi connectivity index (χ2v) is 7.30. The van der Waals surface area contributed by atoms with E-state index in [1.54, 1.807) is 0 Å². The van der Waals surface area contributed by atoms with Gasteiger partial charge in [0.15, 0.2) is 0 Å². The van der Waals surface area contributed by atoms with Crippen LogP contribution >= 0.6 is 0 Å². The van der Waals surface area contributed by atoms with Crippen LogP contribution in [0.4, 0.5) is 13.2 Å². The minimum absolute atomic E-state index is 0.0301. The Hall–Kier alpha value is -0.250. The molecule has 4 heteroatoms. The zero-order chi connectivity index (χ0) is 15.4. The lowest BCUT2D eigenvalue weighted by atomic mass is 9.68. The van der Waals surface area contributed by atoms with E-state index >= 15 is 0 Å². The van der Waals surface area contributed by atoms with Crippen LogP contribution < -0.4 is 5.32 Å². The van der Waals surface area contributed by atoms with Crippen molar-refractivity contribution in [2.24, 2.45) is 17.3 Å². The molecule has 1 N–H and O–H groups in total. The molecular weight excluding hydrogens is 263 g/mol. The Balaban J connectivity index is 2.49. The molecule has 1 saturated carbocycles. The molecule has 0 radical (unpaired) electrons. The number of halogens is 3. The maximum atomic E-state index is 12.4. The van der Waals surface area contributed by atoms with Gasteiger partial charge in [0.2, 0.25) is 0 Å². The van der Waals surface area contributed by atoms with Gasteiger partial charge >= 0.3 is 6.18 Å². The first kappa shape index (κ1) is 17.8. The molecule has 1 nitrogen and oxygen atoms in total. The molecule has 0 amide bonds. The van der Waals surface area contributed by atoms with Gasteiger partial charge in [0.1, 0.15) is 0 Å². The highest BCUT2D eigenvalue weighted by atomic mass is 19.4. The van der Waals surface area contributed by atoms with Gasteiger partial charge in [-0.25, -0.2) is 0 Å². The molecule has 0 aliphatic heterocycles. The highest BCUT2D eigenvalue weighted by Crippen LogP contribution is 2.41. The van der Waals surface area contributed by atoms with E-state index in [0.29, 0.717) is 17.3 Å². The zero-order valence-corrected chi connectivity index (χ0v) is 13.3. The van der Waals surface area contributed by atoms with Crippen LogP contribution in [0.1, 0.15) is 66.2 Å². The van der Waals surface area contributed by atoms with Crippen molar-refractivity contribution in [1.82, 2.24) is 5.32 Å². The maximum Gasteiger partial charge on any atom is 0.389 e. The minimum Gasteiger partial charge on any atom is -0.314 e. The van der Waals surface area contributed by atoms with Gasteiger partial charge < -0.3 is 5.32 Å².